The van der Waals surface area contributed by atoms with Crippen molar-refractivity contribution in [2.45, 2.75) is 32.2 Å². The normalized spacial score (nSPS) is 11.8. The first-order chi connectivity index (χ1) is 14.2. The van der Waals surface area contributed by atoms with Crippen molar-refractivity contribution in [3.8, 4) is 0 Å². The maximum atomic E-state index is 12.2. The van der Waals surface area contributed by atoms with Gasteiger partial charge in [-0.05, 0) is 47.5 Å². The van der Waals surface area contributed by atoms with Crippen molar-refractivity contribution in [3.63, 3.8) is 0 Å². The van der Waals surface area contributed by atoms with Crippen LogP contribution < -0.4 is 16.2 Å². The minimum absolute atomic E-state index is 0.0542. The van der Waals surface area contributed by atoms with Gasteiger partial charge in [0.05, 0.1) is 18.8 Å². The topological polar surface area (TPSA) is 83.4 Å². The number of hydrazine groups is 1. The molecule has 3 N–H and O–H groups in total. The molecule has 0 fully saturated rings. The van der Waals surface area contributed by atoms with Crippen molar-refractivity contribution in [1.82, 2.24) is 16.2 Å². The number of aryl methyl sites for hydroxylation is 1. The van der Waals surface area contributed by atoms with Crippen LogP contribution in [0.15, 0.2) is 64.6 Å². The third-order valence-electron chi connectivity index (χ3n) is 4.49. The fourth-order valence-corrected chi connectivity index (χ4v) is 3.76. The van der Waals surface area contributed by atoms with E-state index < -0.39 is 5.91 Å². The van der Waals surface area contributed by atoms with E-state index in [9.17, 15) is 9.59 Å². The van der Waals surface area contributed by atoms with E-state index in [1.54, 1.807) is 17.4 Å². The number of amides is 2. The van der Waals surface area contributed by atoms with Crippen LogP contribution in [0.4, 0.5) is 0 Å². The molecule has 0 aliphatic carbocycles. The van der Waals surface area contributed by atoms with Crippen LogP contribution in [0.25, 0.3) is 0 Å². The average Bonchev–Trinajstić information content (AvgIpc) is 3.46. The average molecular weight is 412 g/mol. The van der Waals surface area contributed by atoms with Gasteiger partial charge < -0.3 is 4.42 Å². The van der Waals surface area contributed by atoms with Crippen LogP contribution >= 0.6 is 11.3 Å². The third kappa shape index (κ3) is 6.04. The van der Waals surface area contributed by atoms with E-state index in [0.29, 0.717) is 0 Å². The number of rotatable bonds is 9. The largest absolute Gasteiger partial charge is 0.459 e. The Morgan fingerprint density at radius 2 is 1.90 bits per heavy atom. The van der Waals surface area contributed by atoms with Crippen molar-refractivity contribution >= 4 is 23.2 Å². The highest BCUT2D eigenvalue weighted by atomic mass is 32.1. The van der Waals surface area contributed by atoms with Gasteiger partial charge in [0.15, 0.2) is 5.76 Å². The van der Waals surface area contributed by atoms with Crippen LogP contribution in [0, 0.1) is 0 Å². The molecular formula is C22H25N3O3S. The van der Waals surface area contributed by atoms with Gasteiger partial charge in [-0.2, -0.15) is 0 Å². The predicted octanol–water partition coefficient (Wildman–Crippen LogP) is 3.82. The van der Waals surface area contributed by atoms with Crippen molar-refractivity contribution in [2.24, 2.45) is 0 Å². The van der Waals surface area contributed by atoms with Crippen LogP contribution in [0.5, 0.6) is 0 Å². The Bertz CT molecular complexity index is 890. The zero-order valence-corrected chi connectivity index (χ0v) is 17.1. The summed E-state index contributed by atoms with van der Waals surface area (Å²) in [5.41, 5.74) is 7.15. The third-order valence-corrected chi connectivity index (χ3v) is 5.42. The molecule has 0 bridgehead atoms. The molecule has 2 amide bonds. The maximum absolute atomic E-state index is 12.2. The van der Waals surface area contributed by atoms with E-state index in [1.807, 2.05) is 17.5 Å². The Balaban J connectivity index is 1.58. The van der Waals surface area contributed by atoms with Crippen LogP contribution in [0.2, 0.25) is 0 Å². The van der Waals surface area contributed by atoms with Crippen LogP contribution in [-0.2, 0) is 11.2 Å². The SMILES string of the molecule is CCCCc1ccc([C@H](NCC(=O)NNC(=O)c2ccco2)c2cccs2)cc1. The molecule has 1 aromatic carbocycles. The lowest BCUT2D eigenvalue weighted by Crippen LogP contribution is -2.45. The van der Waals surface area contributed by atoms with Gasteiger partial charge in [0.2, 0.25) is 0 Å². The maximum Gasteiger partial charge on any atom is 0.305 e. The molecular weight excluding hydrogens is 386 g/mol. The van der Waals surface area contributed by atoms with Gasteiger partial charge in [-0.1, -0.05) is 43.7 Å². The lowest BCUT2D eigenvalue weighted by Gasteiger charge is -2.18. The Morgan fingerprint density at radius 1 is 1.07 bits per heavy atom. The molecule has 0 spiro atoms. The second kappa shape index (κ2) is 10.6. The van der Waals surface area contributed by atoms with Gasteiger partial charge in [-0.3, -0.25) is 25.8 Å². The number of furan rings is 1. The molecule has 0 aliphatic heterocycles. The van der Waals surface area contributed by atoms with Crippen molar-refractivity contribution in [2.75, 3.05) is 6.54 Å². The predicted molar refractivity (Wildman–Crippen MR) is 114 cm³/mol. The lowest BCUT2D eigenvalue weighted by atomic mass is 10.0. The van der Waals surface area contributed by atoms with E-state index in [-0.39, 0.29) is 24.3 Å². The number of thiophene rings is 1. The van der Waals surface area contributed by atoms with Gasteiger partial charge in [-0.25, -0.2) is 0 Å². The Morgan fingerprint density at radius 3 is 2.55 bits per heavy atom. The van der Waals surface area contributed by atoms with Crippen LogP contribution in [0.3, 0.4) is 0 Å². The molecule has 0 saturated carbocycles. The minimum atomic E-state index is -0.499. The van der Waals surface area contributed by atoms with Gasteiger partial charge in [-0.15, -0.1) is 11.3 Å². The van der Waals surface area contributed by atoms with Crippen LogP contribution in [0.1, 0.15) is 52.4 Å². The van der Waals surface area contributed by atoms with E-state index >= 15 is 0 Å². The van der Waals surface area contributed by atoms with Crippen molar-refractivity contribution in [3.05, 3.63) is 81.9 Å². The number of nitrogens with one attached hydrogen (secondary N) is 3. The molecule has 3 rings (SSSR count). The van der Waals surface area contributed by atoms with Gasteiger partial charge >= 0.3 is 5.91 Å². The van der Waals surface area contributed by atoms with Crippen LogP contribution in [-0.4, -0.2) is 18.4 Å². The van der Waals surface area contributed by atoms with Gasteiger partial charge in [0, 0.05) is 4.88 Å². The summed E-state index contributed by atoms with van der Waals surface area (Å²) in [5.74, 6) is -0.704. The van der Waals surface area contributed by atoms with E-state index in [0.717, 1.165) is 16.9 Å². The highest BCUT2D eigenvalue weighted by Gasteiger charge is 2.17. The lowest BCUT2D eigenvalue weighted by molar-refractivity contribution is -0.121. The summed E-state index contributed by atoms with van der Waals surface area (Å²) in [5, 5.41) is 5.30. The monoisotopic (exact) mass is 411 g/mol. The smallest absolute Gasteiger partial charge is 0.305 e. The molecule has 6 nitrogen and oxygen atoms in total. The number of carbonyl (C=O) groups is 2. The summed E-state index contributed by atoms with van der Waals surface area (Å²) >= 11 is 1.64. The van der Waals surface area contributed by atoms with E-state index in [1.165, 1.54) is 30.7 Å². The first kappa shape index (κ1) is 20.8. The van der Waals surface area contributed by atoms with E-state index in [2.05, 4.69) is 47.4 Å². The first-order valence-corrected chi connectivity index (χ1v) is 10.5. The summed E-state index contributed by atoms with van der Waals surface area (Å²) in [6, 6.07) is 15.6. The number of unbranched alkanes of at least 4 members (excludes halogenated alkanes) is 1. The molecule has 0 aliphatic rings. The molecule has 2 heterocycles. The molecule has 7 heteroatoms. The molecule has 29 heavy (non-hydrogen) atoms. The molecule has 3 aromatic rings. The molecule has 0 radical (unpaired) electrons. The first-order valence-electron chi connectivity index (χ1n) is 9.65. The number of hydrogen-bond acceptors (Lipinski definition) is 5. The minimum Gasteiger partial charge on any atom is -0.459 e. The number of benzene rings is 1. The zero-order valence-electron chi connectivity index (χ0n) is 16.3. The number of hydrogen-bond donors (Lipinski definition) is 3. The highest BCUT2D eigenvalue weighted by Crippen LogP contribution is 2.26. The summed E-state index contributed by atoms with van der Waals surface area (Å²) in [6.45, 7) is 2.24. The Labute approximate surface area is 174 Å². The fourth-order valence-electron chi connectivity index (χ4n) is 2.93. The fraction of sp³-hybridized carbons (Fsp3) is 0.273. The standard InChI is InChI=1S/C22H25N3O3S/c1-2-3-6-16-9-11-17(12-10-16)21(19-8-5-14-29-19)23-15-20(26)24-25-22(27)18-7-4-13-28-18/h4-5,7-14,21,23H,2-3,6,15H2,1H3,(H,24,26)(H,25,27)/t21-/m0/s1. The summed E-state index contributed by atoms with van der Waals surface area (Å²) in [4.78, 5) is 25.1. The Hall–Kier alpha value is -2.90. The second-order valence-corrected chi connectivity index (χ2v) is 7.63. The quantitative estimate of drug-likeness (QED) is 0.468. The summed E-state index contributed by atoms with van der Waals surface area (Å²) < 4.78 is 4.99. The Kier molecular flexibility index (Phi) is 7.61. The number of carbonyl (C=O) groups excluding carboxylic acids is 2. The summed E-state index contributed by atoms with van der Waals surface area (Å²) in [6.07, 6.45) is 4.83. The van der Waals surface area contributed by atoms with E-state index in [4.69, 9.17) is 4.42 Å². The van der Waals surface area contributed by atoms with Gasteiger partial charge in [0.25, 0.3) is 5.91 Å². The molecule has 0 saturated heterocycles. The van der Waals surface area contributed by atoms with Gasteiger partial charge in [0.1, 0.15) is 0 Å². The molecule has 0 unspecified atom stereocenters. The summed E-state index contributed by atoms with van der Waals surface area (Å²) in [7, 11) is 0. The molecule has 1 atom stereocenters. The molecule has 152 valence electrons. The highest BCUT2D eigenvalue weighted by molar-refractivity contribution is 7.10. The second-order valence-electron chi connectivity index (χ2n) is 6.65. The molecule has 2 aromatic heterocycles. The van der Waals surface area contributed by atoms with Crippen molar-refractivity contribution < 1.29 is 14.0 Å². The van der Waals surface area contributed by atoms with Crippen molar-refractivity contribution in [1.29, 1.82) is 0 Å². The zero-order chi connectivity index (χ0) is 20.5.